The van der Waals surface area contributed by atoms with Crippen LogP contribution in [0.4, 0.5) is 17.1 Å². The summed E-state index contributed by atoms with van der Waals surface area (Å²) in [4.78, 5) is 2.56. The molecule has 0 fully saturated rings. The number of anilines is 3. The molecule has 1 aromatic heterocycles. The molecule has 2 heteroatoms. The Morgan fingerprint density at radius 3 is 1.57 bits per heavy atom. The predicted octanol–water partition coefficient (Wildman–Crippen LogP) is 16.4. The second-order valence-corrected chi connectivity index (χ2v) is 17.4. The van der Waals surface area contributed by atoms with Crippen molar-refractivity contribution in [2.45, 2.75) is 5.41 Å². The predicted molar refractivity (Wildman–Crippen MR) is 259 cm³/mol. The van der Waals surface area contributed by atoms with Crippen molar-refractivity contribution in [2.24, 2.45) is 0 Å². The molecule has 0 bridgehead atoms. The van der Waals surface area contributed by atoms with Gasteiger partial charge in [-0.05, 0) is 103 Å². The van der Waals surface area contributed by atoms with Crippen molar-refractivity contribution in [1.29, 1.82) is 0 Å². The van der Waals surface area contributed by atoms with Crippen molar-refractivity contribution in [3.05, 3.63) is 247 Å². The molecule has 284 valence electrons. The summed E-state index contributed by atoms with van der Waals surface area (Å²) < 4.78 is 2.59. The third-order valence-electron chi connectivity index (χ3n) is 13.3. The third kappa shape index (κ3) is 4.83. The van der Waals surface area contributed by atoms with Gasteiger partial charge in [0.25, 0.3) is 0 Å². The zero-order chi connectivity index (χ0) is 40.1. The molecule has 61 heavy (non-hydrogen) atoms. The van der Waals surface area contributed by atoms with Gasteiger partial charge in [0.2, 0.25) is 0 Å². The Labute approximate surface area is 359 Å². The zero-order valence-electron chi connectivity index (χ0n) is 33.2. The second-order valence-electron chi connectivity index (χ2n) is 16.3. The molecule has 0 N–H and O–H groups in total. The molecule has 1 heterocycles. The quantitative estimate of drug-likeness (QED) is 0.168. The highest BCUT2D eigenvalue weighted by atomic mass is 32.1. The Bertz CT molecular complexity index is 3480. The molecular formula is C59H37NS. The van der Waals surface area contributed by atoms with Crippen molar-refractivity contribution in [3.8, 4) is 44.5 Å². The van der Waals surface area contributed by atoms with Gasteiger partial charge in [0.1, 0.15) is 0 Å². The van der Waals surface area contributed by atoms with Gasteiger partial charge < -0.3 is 4.90 Å². The van der Waals surface area contributed by atoms with E-state index in [9.17, 15) is 0 Å². The molecular weight excluding hydrogens is 755 g/mol. The summed E-state index contributed by atoms with van der Waals surface area (Å²) in [7, 11) is 0. The van der Waals surface area contributed by atoms with Crippen molar-refractivity contribution in [2.75, 3.05) is 4.90 Å². The second kappa shape index (κ2) is 13.2. The summed E-state index contributed by atoms with van der Waals surface area (Å²) in [6.45, 7) is 0. The van der Waals surface area contributed by atoms with Crippen LogP contribution in [-0.4, -0.2) is 0 Å². The van der Waals surface area contributed by atoms with Crippen molar-refractivity contribution in [3.63, 3.8) is 0 Å². The maximum Gasteiger partial charge on any atom is 0.0726 e. The minimum Gasteiger partial charge on any atom is -0.309 e. The van der Waals surface area contributed by atoms with Crippen molar-refractivity contribution >= 4 is 59.3 Å². The van der Waals surface area contributed by atoms with E-state index >= 15 is 0 Å². The van der Waals surface area contributed by atoms with Crippen LogP contribution in [0.2, 0.25) is 0 Å². The molecule has 2 aliphatic rings. The topological polar surface area (TPSA) is 3.24 Å². The standard InChI is InChI=1S/C59H37NS/c1-3-17-38(18-4-1)39-33-35-41(36-34-39)60(54-31-16-32-55-57(54)48-37-47(40-19-5-2-6-20-40)42-21-7-8-24-45(42)58(48)61-55)53-30-15-29-52-56(53)46-25-11-14-28-51(46)59(52)49-26-12-9-22-43(49)44-23-10-13-27-50(44)59/h1-37H. The van der Waals surface area contributed by atoms with Crippen molar-refractivity contribution in [1.82, 2.24) is 0 Å². The number of hydrogen-bond donors (Lipinski definition) is 0. The Morgan fingerprint density at radius 2 is 0.869 bits per heavy atom. The van der Waals surface area contributed by atoms with E-state index in [1.165, 1.54) is 109 Å². The number of nitrogens with zero attached hydrogens (tertiary/aromatic N) is 1. The van der Waals surface area contributed by atoms with Gasteiger partial charge in [-0.1, -0.05) is 188 Å². The van der Waals surface area contributed by atoms with Gasteiger partial charge in [-0.15, -0.1) is 11.3 Å². The smallest absolute Gasteiger partial charge is 0.0726 e. The van der Waals surface area contributed by atoms with Crippen LogP contribution in [0.25, 0.3) is 75.5 Å². The molecule has 11 aromatic rings. The summed E-state index contributed by atoms with van der Waals surface area (Å²) in [6.07, 6.45) is 0. The average Bonchev–Trinajstić information content (AvgIpc) is 3.97. The fourth-order valence-corrected chi connectivity index (χ4v) is 12.1. The molecule has 10 aromatic carbocycles. The molecule has 0 unspecified atom stereocenters. The first-order chi connectivity index (χ1) is 30.3. The average molecular weight is 792 g/mol. The van der Waals surface area contributed by atoms with Crippen LogP contribution < -0.4 is 4.90 Å². The van der Waals surface area contributed by atoms with Gasteiger partial charge in [0, 0.05) is 36.8 Å². The van der Waals surface area contributed by atoms with Crippen LogP contribution in [0, 0.1) is 0 Å². The Hall–Kier alpha value is -7.52. The minimum atomic E-state index is -0.442. The number of rotatable bonds is 5. The maximum atomic E-state index is 2.56. The summed E-state index contributed by atoms with van der Waals surface area (Å²) in [5.74, 6) is 0. The first kappa shape index (κ1) is 34.4. The van der Waals surface area contributed by atoms with Crippen LogP contribution in [0.3, 0.4) is 0 Å². The van der Waals surface area contributed by atoms with E-state index in [0.717, 1.165) is 5.69 Å². The fourth-order valence-electron chi connectivity index (χ4n) is 10.8. The highest BCUT2D eigenvalue weighted by Crippen LogP contribution is 2.65. The van der Waals surface area contributed by atoms with E-state index in [1.54, 1.807) is 0 Å². The van der Waals surface area contributed by atoms with Gasteiger partial charge in [-0.2, -0.15) is 0 Å². The monoisotopic (exact) mass is 791 g/mol. The summed E-state index contributed by atoms with van der Waals surface area (Å²) in [6, 6.07) is 83.4. The van der Waals surface area contributed by atoms with Gasteiger partial charge in [0.05, 0.1) is 16.8 Å². The summed E-state index contributed by atoms with van der Waals surface area (Å²) in [5, 5.41) is 5.12. The Kier molecular flexibility index (Phi) is 7.46. The Morgan fingerprint density at radius 1 is 0.344 bits per heavy atom. The van der Waals surface area contributed by atoms with Crippen LogP contribution in [0.15, 0.2) is 224 Å². The molecule has 0 atom stereocenters. The van der Waals surface area contributed by atoms with Crippen molar-refractivity contribution < 1.29 is 0 Å². The van der Waals surface area contributed by atoms with E-state index < -0.39 is 5.41 Å². The third-order valence-corrected chi connectivity index (χ3v) is 14.5. The van der Waals surface area contributed by atoms with Crippen LogP contribution >= 0.6 is 11.3 Å². The van der Waals surface area contributed by atoms with E-state index in [2.05, 4.69) is 229 Å². The summed E-state index contributed by atoms with van der Waals surface area (Å²) in [5.41, 5.74) is 18.5. The van der Waals surface area contributed by atoms with Gasteiger partial charge >= 0.3 is 0 Å². The SMILES string of the molecule is c1ccc(-c2ccc(N(c3cccc4c3-c3ccccc3C43c4ccccc4-c4ccccc43)c3cccc4sc5c6ccccc6c(-c6ccccc6)cc5c34)cc2)cc1. The molecule has 1 nitrogen and oxygen atoms in total. The molecule has 0 amide bonds. The number of benzene rings is 10. The van der Waals surface area contributed by atoms with Crippen LogP contribution in [0.5, 0.6) is 0 Å². The van der Waals surface area contributed by atoms with Gasteiger partial charge in [-0.25, -0.2) is 0 Å². The van der Waals surface area contributed by atoms with E-state index in [0.29, 0.717) is 0 Å². The van der Waals surface area contributed by atoms with Crippen LogP contribution in [0.1, 0.15) is 22.3 Å². The van der Waals surface area contributed by atoms with E-state index in [-0.39, 0.29) is 0 Å². The molecule has 1 spiro atoms. The number of thiophene rings is 1. The summed E-state index contributed by atoms with van der Waals surface area (Å²) >= 11 is 1.90. The molecule has 0 saturated heterocycles. The lowest BCUT2D eigenvalue weighted by molar-refractivity contribution is 0.794. The Balaban J connectivity index is 1.13. The largest absolute Gasteiger partial charge is 0.309 e. The number of hydrogen-bond acceptors (Lipinski definition) is 2. The lowest BCUT2D eigenvalue weighted by Gasteiger charge is -2.32. The van der Waals surface area contributed by atoms with E-state index in [4.69, 9.17) is 0 Å². The van der Waals surface area contributed by atoms with Crippen LogP contribution in [-0.2, 0) is 5.41 Å². The lowest BCUT2D eigenvalue weighted by Crippen LogP contribution is -2.26. The normalized spacial score (nSPS) is 13.0. The minimum absolute atomic E-state index is 0.442. The molecule has 0 radical (unpaired) electrons. The zero-order valence-corrected chi connectivity index (χ0v) is 34.0. The maximum absolute atomic E-state index is 2.56. The number of fused-ring (bicyclic) bond motifs is 15. The highest BCUT2D eigenvalue weighted by molar-refractivity contribution is 7.26. The molecule has 13 rings (SSSR count). The lowest BCUT2D eigenvalue weighted by atomic mass is 9.70. The highest BCUT2D eigenvalue weighted by Gasteiger charge is 2.52. The van der Waals surface area contributed by atoms with E-state index in [1.807, 2.05) is 11.3 Å². The molecule has 2 aliphatic carbocycles. The molecule has 0 saturated carbocycles. The first-order valence-corrected chi connectivity index (χ1v) is 21.9. The molecule has 0 aliphatic heterocycles. The first-order valence-electron chi connectivity index (χ1n) is 21.1. The van der Waals surface area contributed by atoms with Gasteiger partial charge in [0.15, 0.2) is 0 Å². The fraction of sp³-hybridized carbons (Fsp3) is 0.0169. The van der Waals surface area contributed by atoms with Gasteiger partial charge in [-0.3, -0.25) is 0 Å².